The number of ether oxygens (including phenoxy) is 1. The van der Waals surface area contributed by atoms with E-state index in [1.165, 1.54) is 0 Å². The van der Waals surface area contributed by atoms with Crippen molar-refractivity contribution < 1.29 is 9.33 Å². The highest BCUT2D eigenvalue weighted by Crippen LogP contribution is 1.94. The molecule has 4 N–H and O–H groups in total. The summed E-state index contributed by atoms with van der Waals surface area (Å²) in [5.74, 6) is 5.72. The number of thiocarbonyl (C=S) groups is 1. The first-order valence-corrected chi connectivity index (χ1v) is 3.84. The summed E-state index contributed by atoms with van der Waals surface area (Å²) in [7, 11) is 3.43. The number of rotatable bonds is 4. The fourth-order valence-electron chi connectivity index (χ4n) is 0.648. The van der Waals surface area contributed by atoms with Crippen LogP contribution in [0, 0.1) is 0 Å². The maximum absolute atomic E-state index is 5.72. The van der Waals surface area contributed by atoms with Gasteiger partial charge in [-0.25, -0.2) is 0 Å². The summed E-state index contributed by atoms with van der Waals surface area (Å²) in [6.45, 7) is 1.40. The van der Waals surface area contributed by atoms with Crippen molar-refractivity contribution in [2.24, 2.45) is 11.6 Å². The van der Waals surface area contributed by atoms with Gasteiger partial charge in [0.1, 0.15) is 6.54 Å². The van der Waals surface area contributed by atoms with Crippen LogP contribution in [-0.4, -0.2) is 37.0 Å². The molecule has 0 aliphatic carbocycles. The van der Waals surface area contributed by atoms with E-state index in [2.05, 4.69) is 0 Å². The first kappa shape index (κ1) is 10.8. The summed E-state index contributed by atoms with van der Waals surface area (Å²) < 4.78 is 4.96. The molecule has 0 aliphatic rings. The highest BCUT2D eigenvalue weighted by molar-refractivity contribution is 7.79. The maximum atomic E-state index is 5.72. The average molecular weight is 178 g/mol. The van der Waals surface area contributed by atoms with Crippen LogP contribution in [0.25, 0.3) is 0 Å². The highest BCUT2D eigenvalue weighted by Gasteiger charge is 2.19. The van der Waals surface area contributed by atoms with Crippen LogP contribution in [0.15, 0.2) is 0 Å². The summed E-state index contributed by atoms with van der Waals surface area (Å²) in [4.78, 5) is 0. The summed E-state index contributed by atoms with van der Waals surface area (Å²) in [6, 6.07) is 0. The van der Waals surface area contributed by atoms with Gasteiger partial charge in [-0.2, -0.15) is 10.4 Å². The van der Waals surface area contributed by atoms with E-state index in [9.17, 15) is 0 Å². The minimum Gasteiger partial charge on any atom is -0.384 e. The molecule has 5 heteroatoms. The zero-order chi connectivity index (χ0) is 8.91. The molecule has 0 saturated carbocycles. The predicted molar refractivity (Wildman–Crippen MR) is 48.5 cm³/mol. The third-order valence-corrected chi connectivity index (χ3v) is 1.89. The van der Waals surface area contributed by atoms with Gasteiger partial charge in [0.05, 0.1) is 13.7 Å². The Morgan fingerprint density at radius 2 is 2.18 bits per heavy atom. The standard InChI is InChI=1S/C6H15N3OS/c1-9(8,6(7)11)4-3-5-10-2/h3-5,8H2,1-2H3,(H-,7,11)/p+1. The monoisotopic (exact) mass is 178 g/mol. The van der Waals surface area contributed by atoms with E-state index in [-0.39, 0.29) is 4.59 Å². The van der Waals surface area contributed by atoms with Crippen molar-refractivity contribution in [2.45, 2.75) is 6.42 Å². The number of nitrogens with two attached hydrogens (primary N) is 2. The largest absolute Gasteiger partial charge is 0.384 e. The molecule has 0 saturated heterocycles. The number of hydrogen-bond acceptors (Lipinski definition) is 3. The fraction of sp³-hybridized carbons (Fsp3) is 0.833. The van der Waals surface area contributed by atoms with Crippen molar-refractivity contribution in [1.82, 2.24) is 0 Å². The van der Waals surface area contributed by atoms with Crippen LogP contribution >= 0.6 is 12.2 Å². The zero-order valence-corrected chi connectivity index (χ0v) is 7.86. The molecule has 4 nitrogen and oxygen atoms in total. The van der Waals surface area contributed by atoms with Crippen molar-refractivity contribution in [1.29, 1.82) is 0 Å². The molecule has 0 bridgehead atoms. The van der Waals surface area contributed by atoms with Crippen molar-refractivity contribution in [2.75, 3.05) is 27.3 Å². The number of methoxy groups -OCH3 is 1. The molecule has 1 unspecified atom stereocenters. The second-order valence-corrected chi connectivity index (χ2v) is 3.09. The lowest BCUT2D eigenvalue weighted by Gasteiger charge is -2.24. The lowest BCUT2D eigenvalue weighted by molar-refractivity contribution is -0.832. The molecule has 0 aromatic heterocycles. The molecule has 0 aromatic carbocycles. The maximum Gasteiger partial charge on any atom is 0.286 e. The van der Waals surface area contributed by atoms with Gasteiger partial charge in [0, 0.05) is 25.7 Å². The smallest absolute Gasteiger partial charge is 0.286 e. The number of hydrogen-bond donors (Lipinski definition) is 2. The normalized spacial score (nSPS) is 15.9. The molecule has 0 heterocycles. The Morgan fingerprint density at radius 3 is 2.55 bits per heavy atom. The minimum atomic E-state index is 0.0959. The molecular weight excluding hydrogens is 162 g/mol. The third kappa shape index (κ3) is 4.26. The van der Waals surface area contributed by atoms with Gasteiger partial charge < -0.3 is 10.5 Å². The lowest BCUT2D eigenvalue weighted by Crippen LogP contribution is -2.58. The van der Waals surface area contributed by atoms with E-state index >= 15 is 0 Å². The van der Waals surface area contributed by atoms with Crippen molar-refractivity contribution in [3.8, 4) is 0 Å². The Bertz CT molecular complexity index is 138. The van der Waals surface area contributed by atoms with Gasteiger partial charge in [-0.15, -0.1) is 0 Å². The molecule has 1 atom stereocenters. The topological polar surface area (TPSA) is 61.3 Å². The number of nitrogens with zero attached hydrogens (tertiary/aromatic N) is 1. The molecule has 0 amide bonds. The summed E-state index contributed by atoms with van der Waals surface area (Å²) >= 11 is 4.77. The van der Waals surface area contributed by atoms with Gasteiger partial charge in [-0.1, -0.05) is 0 Å². The Balaban J connectivity index is 3.64. The van der Waals surface area contributed by atoms with Crippen LogP contribution in [0.4, 0.5) is 0 Å². The molecule has 0 aliphatic heterocycles. The molecule has 66 valence electrons. The first-order valence-electron chi connectivity index (χ1n) is 3.43. The van der Waals surface area contributed by atoms with Gasteiger partial charge in [0.15, 0.2) is 0 Å². The molecule has 11 heavy (non-hydrogen) atoms. The molecule has 0 fully saturated rings. The Hall–Kier alpha value is -0.230. The summed E-state index contributed by atoms with van der Waals surface area (Å²) in [5.41, 5.74) is 5.39. The van der Waals surface area contributed by atoms with Gasteiger partial charge in [0.2, 0.25) is 0 Å². The lowest BCUT2D eigenvalue weighted by atomic mass is 10.4. The van der Waals surface area contributed by atoms with Crippen LogP contribution in [-0.2, 0) is 4.74 Å². The van der Waals surface area contributed by atoms with Crippen LogP contribution in [0.2, 0.25) is 0 Å². The predicted octanol–water partition coefficient (Wildman–Crippen LogP) is -0.413. The van der Waals surface area contributed by atoms with Gasteiger partial charge in [-0.05, 0) is 0 Å². The van der Waals surface area contributed by atoms with Crippen LogP contribution in [0.5, 0.6) is 0 Å². The van der Waals surface area contributed by atoms with E-state index in [0.29, 0.717) is 18.3 Å². The van der Waals surface area contributed by atoms with E-state index in [1.807, 2.05) is 0 Å². The van der Waals surface area contributed by atoms with E-state index in [4.69, 9.17) is 28.5 Å². The fourth-order valence-corrected chi connectivity index (χ4v) is 0.739. The Morgan fingerprint density at radius 1 is 1.64 bits per heavy atom. The van der Waals surface area contributed by atoms with Crippen LogP contribution in [0.3, 0.4) is 0 Å². The average Bonchev–Trinajstić information content (AvgIpc) is 1.88. The van der Waals surface area contributed by atoms with Crippen molar-refractivity contribution >= 4 is 17.3 Å². The first-order chi connectivity index (χ1) is 5.00. The van der Waals surface area contributed by atoms with Crippen molar-refractivity contribution in [3.63, 3.8) is 0 Å². The third-order valence-electron chi connectivity index (χ3n) is 1.47. The van der Waals surface area contributed by atoms with Gasteiger partial charge in [-0.3, -0.25) is 0 Å². The summed E-state index contributed by atoms with van der Waals surface area (Å²) in [6.07, 6.45) is 0.862. The van der Waals surface area contributed by atoms with Gasteiger partial charge >= 0.3 is 0 Å². The second kappa shape index (κ2) is 4.61. The SMILES string of the molecule is COCCC[N+](C)(N)C(N)=S. The van der Waals surface area contributed by atoms with Crippen molar-refractivity contribution in [3.05, 3.63) is 0 Å². The van der Waals surface area contributed by atoms with Crippen LogP contribution in [0.1, 0.15) is 6.42 Å². The molecular formula is C6H16N3OS+. The highest BCUT2D eigenvalue weighted by atomic mass is 32.1. The molecule has 0 spiro atoms. The van der Waals surface area contributed by atoms with Gasteiger partial charge in [0.25, 0.3) is 5.11 Å². The van der Waals surface area contributed by atoms with Crippen LogP contribution < -0.4 is 11.6 Å². The molecule has 0 rings (SSSR count). The van der Waals surface area contributed by atoms with E-state index < -0.39 is 0 Å². The van der Waals surface area contributed by atoms with E-state index in [1.54, 1.807) is 14.2 Å². The Kier molecular flexibility index (Phi) is 4.51. The summed E-state index contributed by atoms with van der Waals surface area (Å²) in [5, 5.41) is 0.307. The zero-order valence-electron chi connectivity index (χ0n) is 7.04. The number of quaternary nitrogens is 1. The quantitative estimate of drug-likeness (QED) is 0.202. The molecule has 0 aromatic rings. The van der Waals surface area contributed by atoms with E-state index in [0.717, 1.165) is 6.42 Å². The second-order valence-electron chi connectivity index (χ2n) is 2.68. The molecule has 0 radical (unpaired) electrons. The minimum absolute atomic E-state index is 0.0959. The Labute approximate surface area is 72.7 Å².